The molecular weight excluding hydrogens is 201 g/mol. The van der Waals surface area contributed by atoms with E-state index >= 15 is 0 Å². The normalized spacial score (nSPS) is 31.9. The molecular formula is C5H10IN. The Morgan fingerprint density at radius 1 is 1.71 bits per heavy atom. The van der Waals surface area contributed by atoms with Crippen molar-refractivity contribution in [1.82, 2.24) is 0 Å². The fourth-order valence-electron chi connectivity index (χ4n) is 0.630. The minimum atomic E-state index is 0.305. The summed E-state index contributed by atoms with van der Waals surface area (Å²) in [6.07, 6.45) is 3.95. The van der Waals surface area contributed by atoms with Gasteiger partial charge in [-0.3, -0.25) is 0 Å². The van der Waals surface area contributed by atoms with Gasteiger partial charge < -0.3 is 5.73 Å². The first kappa shape index (κ1) is 5.69. The Bertz CT molecular complexity index is 80.1. The molecule has 0 aromatic heterocycles. The number of alkyl halides is 1. The third-order valence-electron chi connectivity index (χ3n) is 1.04. The summed E-state index contributed by atoms with van der Waals surface area (Å²) in [6.45, 7) is 0. The standard InChI is InChI=1S/C5H10IN/c7-5-3-1-2-4-6-5/h4-5H,1-3,7H2. The SMILES string of the molecule is NC1CCCC=I1. The van der Waals surface area contributed by atoms with E-state index in [1.54, 1.807) is 0 Å². The second-order valence-electron chi connectivity index (χ2n) is 1.73. The van der Waals surface area contributed by atoms with E-state index in [9.17, 15) is 0 Å². The maximum Gasteiger partial charge on any atom is 0.0517 e. The van der Waals surface area contributed by atoms with E-state index in [0.29, 0.717) is 24.8 Å². The van der Waals surface area contributed by atoms with Gasteiger partial charge in [-0.15, -0.1) is 20.7 Å². The van der Waals surface area contributed by atoms with Crippen LogP contribution in [0.5, 0.6) is 0 Å². The maximum absolute atomic E-state index is 5.65. The van der Waals surface area contributed by atoms with Crippen LogP contribution >= 0.6 is 20.7 Å². The second-order valence-corrected chi connectivity index (χ2v) is 4.93. The van der Waals surface area contributed by atoms with Crippen LogP contribution in [0, 0.1) is 0 Å². The minimum Gasteiger partial charge on any atom is -0.320 e. The summed E-state index contributed by atoms with van der Waals surface area (Å²) in [7, 11) is 0. The van der Waals surface area contributed by atoms with Gasteiger partial charge in [0.2, 0.25) is 0 Å². The predicted octanol–water partition coefficient (Wildman–Crippen LogP) is 1.23. The van der Waals surface area contributed by atoms with E-state index in [1.165, 1.54) is 19.3 Å². The summed E-state index contributed by atoms with van der Waals surface area (Å²) >= 11 is 0.305. The van der Waals surface area contributed by atoms with Crippen LogP contribution in [0.2, 0.25) is 0 Å². The maximum atomic E-state index is 5.65. The topological polar surface area (TPSA) is 26.0 Å². The first-order valence-corrected chi connectivity index (χ1v) is 5.08. The zero-order valence-corrected chi connectivity index (χ0v) is 6.39. The van der Waals surface area contributed by atoms with Crippen LogP contribution in [0.4, 0.5) is 0 Å². The van der Waals surface area contributed by atoms with Crippen molar-refractivity contribution in [1.29, 1.82) is 0 Å². The van der Waals surface area contributed by atoms with E-state index in [2.05, 4.69) is 4.01 Å². The Kier molecular flexibility index (Phi) is 2.25. The van der Waals surface area contributed by atoms with Gasteiger partial charge in [0.25, 0.3) is 0 Å². The molecule has 0 saturated heterocycles. The molecule has 0 amide bonds. The zero-order valence-electron chi connectivity index (χ0n) is 4.23. The number of rotatable bonds is 0. The monoisotopic (exact) mass is 211 g/mol. The summed E-state index contributed by atoms with van der Waals surface area (Å²) in [5, 5.41) is 0. The lowest BCUT2D eigenvalue weighted by atomic mass is 10.3. The highest BCUT2D eigenvalue weighted by molar-refractivity contribution is 14.2. The molecule has 1 unspecified atom stereocenters. The first-order valence-electron chi connectivity index (χ1n) is 2.59. The lowest BCUT2D eigenvalue weighted by molar-refractivity contribution is 0.758. The summed E-state index contributed by atoms with van der Waals surface area (Å²) in [6, 6.07) is 0. The van der Waals surface area contributed by atoms with E-state index in [0.717, 1.165) is 0 Å². The molecule has 1 nitrogen and oxygen atoms in total. The molecule has 0 spiro atoms. The molecule has 0 aromatic carbocycles. The van der Waals surface area contributed by atoms with Crippen LogP contribution in [-0.2, 0) is 0 Å². The van der Waals surface area contributed by atoms with Gasteiger partial charge in [-0.2, -0.15) is 0 Å². The van der Waals surface area contributed by atoms with E-state index in [4.69, 9.17) is 5.73 Å². The van der Waals surface area contributed by atoms with Crippen LogP contribution in [0.15, 0.2) is 0 Å². The molecule has 2 heteroatoms. The highest BCUT2D eigenvalue weighted by Crippen LogP contribution is 2.15. The van der Waals surface area contributed by atoms with Crippen molar-refractivity contribution in [2.24, 2.45) is 5.73 Å². The highest BCUT2D eigenvalue weighted by Gasteiger charge is 1.99. The lowest BCUT2D eigenvalue weighted by Crippen LogP contribution is -2.13. The molecule has 1 rings (SSSR count). The molecule has 0 aromatic rings. The third-order valence-corrected chi connectivity index (χ3v) is 3.72. The van der Waals surface area contributed by atoms with Gasteiger partial charge in [-0.1, -0.05) is 4.01 Å². The predicted molar refractivity (Wildman–Crippen MR) is 41.9 cm³/mol. The largest absolute Gasteiger partial charge is 0.320 e. The second kappa shape index (κ2) is 2.77. The quantitative estimate of drug-likeness (QED) is 0.364. The fraction of sp³-hybridized carbons (Fsp3) is 0.800. The molecule has 0 fully saturated rings. The van der Waals surface area contributed by atoms with Gasteiger partial charge in [0, 0.05) is 0 Å². The fourth-order valence-corrected chi connectivity index (χ4v) is 2.88. The molecule has 1 aliphatic heterocycles. The molecule has 42 valence electrons. The Labute approximate surface area is 54.0 Å². The molecule has 0 saturated carbocycles. The van der Waals surface area contributed by atoms with Crippen LogP contribution in [-0.4, -0.2) is 8.06 Å². The van der Waals surface area contributed by atoms with Crippen LogP contribution in [0.25, 0.3) is 0 Å². The Hall–Kier alpha value is 0.560. The molecule has 1 atom stereocenters. The summed E-state index contributed by atoms with van der Waals surface area (Å²) in [4.78, 5) is 0. The van der Waals surface area contributed by atoms with E-state index in [-0.39, 0.29) is 0 Å². The van der Waals surface area contributed by atoms with Crippen LogP contribution < -0.4 is 5.73 Å². The summed E-state index contributed by atoms with van der Waals surface area (Å²) in [5.41, 5.74) is 5.65. The van der Waals surface area contributed by atoms with Crippen LogP contribution in [0.3, 0.4) is 0 Å². The Morgan fingerprint density at radius 2 is 2.57 bits per heavy atom. The van der Waals surface area contributed by atoms with E-state index in [1.807, 2.05) is 0 Å². The van der Waals surface area contributed by atoms with Gasteiger partial charge in [0.05, 0.1) is 4.05 Å². The molecule has 1 aliphatic rings. The number of halogens is 1. The Balaban J connectivity index is 2.36. The molecule has 1 heterocycles. The van der Waals surface area contributed by atoms with Gasteiger partial charge in [-0.05, 0) is 19.3 Å². The summed E-state index contributed by atoms with van der Waals surface area (Å²) in [5.74, 6) is 0. The third kappa shape index (κ3) is 1.86. The van der Waals surface area contributed by atoms with Crippen molar-refractivity contribution in [2.75, 3.05) is 0 Å². The van der Waals surface area contributed by atoms with Crippen molar-refractivity contribution in [3.63, 3.8) is 0 Å². The van der Waals surface area contributed by atoms with Crippen molar-refractivity contribution in [2.45, 2.75) is 23.3 Å². The van der Waals surface area contributed by atoms with Gasteiger partial charge in [0.1, 0.15) is 0 Å². The van der Waals surface area contributed by atoms with Gasteiger partial charge in [-0.25, -0.2) is 0 Å². The van der Waals surface area contributed by atoms with Gasteiger partial charge >= 0.3 is 0 Å². The molecule has 0 aliphatic carbocycles. The lowest BCUT2D eigenvalue weighted by Gasteiger charge is -2.07. The number of nitrogens with two attached hydrogens (primary N) is 1. The number of hydrogen-bond donors (Lipinski definition) is 1. The molecule has 7 heavy (non-hydrogen) atoms. The molecule has 0 bridgehead atoms. The molecule has 2 N–H and O–H groups in total. The smallest absolute Gasteiger partial charge is 0.0517 e. The highest BCUT2D eigenvalue weighted by atomic mass is 127. The average Bonchev–Trinajstić information content (AvgIpc) is 1.69. The van der Waals surface area contributed by atoms with E-state index < -0.39 is 0 Å². The Morgan fingerprint density at radius 3 is 2.86 bits per heavy atom. The van der Waals surface area contributed by atoms with Crippen molar-refractivity contribution < 1.29 is 0 Å². The zero-order chi connectivity index (χ0) is 5.11. The van der Waals surface area contributed by atoms with Crippen molar-refractivity contribution >= 4 is 24.7 Å². The average molecular weight is 211 g/mol. The molecule has 0 radical (unpaired) electrons. The minimum absolute atomic E-state index is 0.305. The van der Waals surface area contributed by atoms with Crippen molar-refractivity contribution in [3.8, 4) is 0 Å². The summed E-state index contributed by atoms with van der Waals surface area (Å²) < 4.78 is 2.99. The van der Waals surface area contributed by atoms with Crippen LogP contribution in [0.1, 0.15) is 19.3 Å². The van der Waals surface area contributed by atoms with Gasteiger partial charge in [0.15, 0.2) is 0 Å². The number of hydrogen-bond acceptors (Lipinski definition) is 1. The first-order chi connectivity index (χ1) is 3.39. The van der Waals surface area contributed by atoms with Crippen molar-refractivity contribution in [3.05, 3.63) is 0 Å².